The van der Waals surface area contributed by atoms with Crippen LogP contribution < -0.4 is 0 Å². The number of carbonyl (C=O) groups is 2. The summed E-state index contributed by atoms with van der Waals surface area (Å²) < 4.78 is 4.66. The zero-order valence-corrected chi connectivity index (χ0v) is 8.08. The van der Waals surface area contributed by atoms with Crippen molar-refractivity contribution < 1.29 is 19.4 Å². The molecule has 13 heavy (non-hydrogen) atoms. The fraction of sp³-hybridized carbons (Fsp3) is 0.778. The molecule has 0 saturated carbocycles. The van der Waals surface area contributed by atoms with Gasteiger partial charge >= 0.3 is 5.97 Å². The van der Waals surface area contributed by atoms with Gasteiger partial charge in [0, 0.05) is 12.8 Å². The van der Waals surface area contributed by atoms with Gasteiger partial charge in [0.1, 0.15) is 12.4 Å². The molecular formula is C9H16O4. The van der Waals surface area contributed by atoms with Crippen LogP contribution in [-0.4, -0.2) is 29.6 Å². The van der Waals surface area contributed by atoms with Gasteiger partial charge in [-0.1, -0.05) is 6.92 Å². The summed E-state index contributed by atoms with van der Waals surface area (Å²) in [5.74, 6) is -0.378. The Morgan fingerprint density at radius 2 is 2.00 bits per heavy atom. The highest BCUT2D eigenvalue weighted by atomic mass is 16.5. The van der Waals surface area contributed by atoms with Crippen molar-refractivity contribution in [3.8, 4) is 0 Å². The molecule has 0 aliphatic carbocycles. The first-order valence-electron chi connectivity index (χ1n) is 4.41. The summed E-state index contributed by atoms with van der Waals surface area (Å²) in [5, 5.41) is 8.78. The molecule has 0 fully saturated rings. The van der Waals surface area contributed by atoms with E-state index in [2.05, 4.69) is 4.74 Å². The Hall–Kier alpha value is -0.900. The minimum absolute atomic E-state index is 0.000844. The van der Waals surface area contributed by atoms with E-state index in [0.29, 0.717) is 6.42 Å². The van der Waals surface area contributed by atoms with E-state index < -0.39 is 12.1 Å². The first-order valence-corrected chi connectivity index (χ1v) is 4.41. The van der Waals surface area contributed by atoms with E-state index in [4.69, 9.17) is 5.11 Å². The lowest BCUT2D eigenvalue weighted by Crippen LogP contribution is -2.15. The van der Waals surface area contributed by atoms with Crippen molar-refractivity contribution in [2.24, 2.45) is 0 Å². The highest BCUT2D eigenvalue weighted by molar-refractivity contribution is 5.82. The summed E-state index contributed by atoms with van der Waals surface area (Å²) in [6.07, 6.45) is 0.143. The number of aliphatic hydroxyl groups excluding tert-OH is 1. The second-order valence-corrected chi connectivity index (χ2v) is 2.92. The lowest BCUT2D eigenvalue weighted by molar-refractivity contribution is -0.147. The summed E-state index contributed by atoms with van der Waals surface area (Å²) in [5.41, 5.74) is 0. The molecule has 1 atom stereocenters. The van der Waals surface area contributed by atoms with Gasteiger partial charge in [-0.25, -0.2) is 0 Å². The molecule has 1 N–H and O–H groups in total. The Morgan fingerprint density at radius 3 is 2.46 bits per heavy atom. The van der Waals surface area contributed by atoms with E-state index in [1.807, 2.05) is 0 Å². The molecule has 4 heteroatoms. The first-order chi connectivity index (χ1) is 6.06. The van der Waals surface area contributed by atoms with E-state index >= 15 is 0 Å². The van der Waals surface area contributed by atoms with Gasteiger partial charge in [-0.15, -0.1) is 0 Å². The maximum Gasteiger partial charge on any atom is 0.306 e. The lowest BCUT2D eigenvalue weighted by atomic mass is 10.2. The number of hydrogen-bond donors (Lipinski definition) is 1. The van der Waals surface area contributed by atoms with Gasteiger partial charge in [0.15, 0.2) is 0 Å². The summed E-state index contributed by atoms with van der Waals surface area (Å²) in [4.78, 5) is 21.7. The number of rotatable bonds is 6. The Morgan fingerprint density at radius 1 is 1.38 bits per heavy atom. The highest BCUT2D eigenvalue weighted by Crippen LogP contribution is 1.97. The number of esters is 1. The molecule has 0 radical (unpaired) electrons. The molecule has 0 amide bonds. The van der Waals surface area contributed by atoms with Crippen molar-refractivity contribution in [3.05, 3.63) is 0 Å². The fourth-order valence-electron chi connectivity index (χ4n) is 0.704. The normalized spacial score (nSPS) is 12.2. The average Bonchev–Trinajstić information content (AvgIpc) is 2.10. The Bertz CT molecular complexity index is 174. The Kier molecular flexibility index (Phi) is 6.14. The topological polar surface area (TPSA) is 63.6 Å². The molecule has 0 heterocycles. The van der Waals surface area contributed by atoms with Crippen molar-refractivity contribution in [2.45, 2.75) is 39.2 Å². The molecule has 1 unspecified atom stereocenters. The van der Waals surface area contributed by atoms with Crippen molar-refractivity contribution >= 4 is 11.8 Å². The molecule has 0 rings (SSSR count). The second-order valence-electron chi connectivity index (χ2n) is 2.92. The monoisotopic (exact) mass is 188 g/mol. The quantitative estimate of drug-likeness (QED) is 0.622. The van der Waals surface area contributed by atoms with Crippen LogP contribution in [0.2, 0.25) is 0 Å². The van der Waals surface area contributed by atoms with Crippen LogP contribution in [0.5, 0.6) is 0 Å². The van der Waals surface area contributed by atoms with Gasteiger partial charge in [-0.3, -0.25) is 9.59 Å². The van der Waals surface area contributed by atoms with Crippen LogP contribution >= 0.6 is 0 Å². The largest absolute Gasteiger partial charge is 0.463 e. The van der Waals surface area contributed by atoms with Gasteiger partial charge in [0.25, 0.3) is 0 Å². The third kappa shape index (κ3) is 7.46. The van der Waals surface area contributed by atoms with Gasteiger partial charge in [-0.2, -0.15) is 0 Å². The number of ether oxygens (including phenoxy) is 1. The predicted octanol–water partition coefficient (Wildman–Crippen LogP) is 0.670. The summed E-state index contributed by atoms with van der Waals surface area (Å²) in [6.45, 7) is 3.28. The molecule has 0 aliphatic heterocycles. The SMILES string of the molecule is CCC(=O)CCC(=O)OCC(C)O. The van der Waals surface area contributed by atoms with Crippen molar-refractivity contribution in [3.63, 3.8) is 0 Å². The van der Waals surface area contributed by atoms with Crippen LogP contribution in [-0.2, 0) is 14.3 Å². The second kappa shape index (κ2) is 6.60. The van der Waals surface area contributed by atoms with Gasteiger partial charge in [-0.05, 0) is 6.92 Å². The number of hydrogen-bond acceptors (Lipinski definition) is 4. The molecule has 0 aromatic rings. The van der Waals surface area contributed by atoms with Crippen LogP contribution in [0.3, 0.4) is 0 Å². The van der Waals surface area contributed by atoms with Crippen molar-refractivity contribution in [1.29, 1.82) is 0 Å². The lowest BCUT2D eigenvalue weighted by Gasteiger charge is -2.05. The van der Waals surface area contributed by atoms with E-state index in [9.17, 15) is 9.59 Å². The third-order valence-electron chi connectivity index (χ3n) is 1.49. The maximum atomic E-state index is 10.9. The highest BCUT2D eigenvalue weighted by Gasteiger charge is 2.07. The number of Topliss-reactive ketones (excluding diaryl/α,β-unsaturated/α-hetero) is 1. The van der Waals surface area contributed by atoms with Crippen LogP contribution in [0, 0.1) is 0 Å². The molecular weight excluding hydrogens is 172 g/mol. The van der Waals surface area contributed by atoms with E-state index in [1.165, 1.54) is 6.92 Å². The molecule has 4 nitrogen and oxygen atoms in total. The molecule has 0 bridgehead atoms. The fourth-order valence-corrected chi connectivity index (χ4v) is 0.704. The molecule has 0 aromatic heterocycles. The standard InChI is InChI=1S/C9H16O4/c1-3-8(11)4-5-9(12)13-6-7(2)10/h7,10H,3-6H2,1-2H3. The Labute approximate surface area is 77.9 Å². The first kappa shape index (κ1) is 12.1. The van der Waals surface area contributed by atoms with Gasteiger partial charge in [0.2, 0.25) is 0 Å². The van der Waals surface area contributed by atoms with Gasteiger partial charge < -0.3 is 9.84 Å². The summed E-state index contributed by atoms with van der Waals surface area (Å²) >= 11 is 0. The van der Waals surface area contributed by atoms with Crippen LogP contribution in [0.4, 0.5) is 0 Å². The maximum absolute atomic E-state index is 10.9. The number of carbonyl (C=O) groups excluding carboxylic acids is 2. The zero-order valence-electron chi connectivity index (χ0n) is 8.08. The Balaban J connectivity index is 3.46. The minimum Gasteiger partial charge on any atom is -0.463 e. The van der Waals surface area contributed by atoms with E-state index in [0.717, 1.165) is 0 Å². The smallest absolute Gasteiger partial charge is 0.306 e. The molecule has 0 aromatic carbocycles. The third-order valence-corrected chi connectivity index (χ3v) is 1.49. The van der Waals surface area contributed by atoms with Crippen LogP contribution in [0.25, 0.3) is 0 Å². The average molecular weight is 188 g/mol. The number of aliphatic hydroxyl groups is 1. The summed E-state index contributed by atoms with van der Waals surface area (Å²) in [6, 6.07) is 0. The van der Waals surface area contributed by atoms with Crippen LogP contribution in [0.15, 0.2) is 0 Å². The van der Waals surface area contributed by atoms with Crippen molar-refractivity contribution in [2.75, 3.05) is 6.61 Å². The van der Waals surface area contributed by atoms with E-state index in [1.54, 1.807) is 6.92 Å². The molecule has 0 saturated heterocycles. The predicted molar refractivity (Wildman–Crippen MR) is 47.2 cm³/mol. The summed E-state index contributed by atoms with van der Waals surface area (Å²) in [7, 11) is 0. The van der Waals surface area contributed by atoms with Gasteiger partial charge in [0.05, 0.1) is 12.5 Å². The number of ketones is 1. The van der Waals surface area contributed by atoms with Crippen LogP contribution in [0.1, 0.15) is 33.1 Å². The minimum atomic E-state index is -0.647. The molecule has 0 aliphatic rings. The zero-order chi connectivity index (χ0) is 10.3. The molecule has 76 valence electrons. The van der Waals surface area contributed by atoms with Crippen molar-refractivity contribution in [1.82, 2.24) is 0 Å². The van der Waals surface area contributed by atoms with E-state index in [-0.39, 0.29) is 25.2 Å². The molecule has 0 spiro atoms.